The Labute approximate surface area is 220 Å². The SMILES string of the molecule is CC(C)(C)C[C@H]1N[C@H](C(=O)NCC[C@H](O)CO)[C@@H](c2cccc(Cl)c2F)[C@]1(N)c1ccc(Cl)c(F)c1. The van der Waals surface area contributed by atoms with Crippen LogP contribution >= 0.6 is 23.2 Å². The molecule has 0 aromatic heterocycles. The molecule has 6 nitrogen and oxygen atoms in total. The molecule has 36 heavy (non-hydrogen) atoms. The molecule has 2 aromatic rings. The Hall–Kier alpha value is -1.81. The zero-order valence-electron chi connectivity index (χ0n) is 20.5. The molecule has 0 radical (unpaired) electrons. The standard InChI is InChI=1S/C26H33Cl2F2N3O3/c1-25(2,3)12-20-26(31,14-7-8-17(27)19(29)11-14)21(16-5-4-6-18(28)22(16)30)23(33-20)24(36)32-10-9-15(35)13-34/h4-8,11,15,20-21,23,33-35H,9-10,12-13,31H2,1-3H3,(H,32,36)/t15-,20+,21+,23-,26-/m0/s1. The van der Waals surface area contributed by atoms with Crippen molar-refractivity contribution in [2.45, 2.75) is 63.3 Å². The Kier molecular flexibility index (Phi) is 9.02. The summed E-state index contributed by atoms with van der Waals surface area (Å²) in [6.45, 7) is 5.68. The molecule has 0 bridgehead atoms. The maximum Gasteiger partial charge on any atom is 0.237 e. The van der Waals surface area contributed by atoms with E-state index in [1.807, 2.05) is 20.8 Å². The highest BCUT2D eigenvalue weighted by Gasteiger charge is 2.57. The Morgan fingerprint density at radius 2 is 1.92 bits per heavy atom. The highest BCUT2D eigenvalue weighted by Crippen LogP contribution is 2.49. The summed E-state index contributed by atoms with van der Waals surface area (Å²) >= 11 is 12.1. The maximum atomic E-state index is 15.5. The van der Waals surface area contributed by atoms with E-state index in [0.29, 0.717) is 12.0 Å². The summed E-state index contributed by atoms with van der Waals surface area (Å²) in [5.41, 5.74) is 5.96. The highest BCUT2D eigenvalue weighted by molar-refractivity contribution is 6.31. The van der Waals surface area contributed by atoms with Gasteiger partial charge in [0.05, 0.1) is 34.3 Å². The first kappa shape index (κ1) is 28.8. The van der Waals surface area contributed by atoms with E-state index in [-0.39, 0.29) is 34.0 Å². The minimum Gasteiger partial charge on any atom is -0.394 e. The van der Waals surface area contributed by atoms with E-state index in [1.165, 1.54) is 24.3 Å². The third-order valence-electron chi connectivity index (χ3n) is 6.63. The van der Waals surface area contributed by atoms with Gasteiger partial charge in [0.25, 0.3) is 0 Å². The van der Waals surface area contributed by atoms with Gasteiger partial charge in [-0.25, -0.2) is 8.78 Å². The molecule has 1 amide bonds. The summed E-state index contributed by atoms with van der Waals surface area (Å²) < 4.78 is 30.1. The second kappa shape index (κ2) is 11.3. The molecule has 0 spiro atoms. The first-order chi connectivity index (χ1) is 16.8. The van der Waals surface area contributed by atoms with Gasteiger partial charge in [0.1, 0.15) is 11.6 Å². The molecular formula is C26H33Cl2F2N3O3. The average molecular weight is 544 g/mol. The topological polar surface area (TPSA) is 108 Å². The van der Waals surface area contributed by atoms with Crippen molar-refractivity contribution in [3.8, 4) is 0 Å². The summed E-state index contributed by atoms with van der Waals surface area (Å²) in [6, 6.07) is 7.17. The van der Waals surface area contributed by atoms with E-state index in [9.17, 15) is 14.3 Å². The van der Waals surface area contributed by atoms with E-state index in [4.69, 9.17) is 34.0 Å². The van der Waals surface area contributed by atoms with Gasteiger partial charge in [0.15, 0.2) is 0 Å². The lowest BCUT2D eigenvalue weighted by Crippen LogP contribution is -2.52. The van der Waals surface area contributed by atoms with Gasteiger partial charge in [0.2, 0.25) is 5.91 Å². The smallest absolute Gasteiger partial charge is 0.237 e. The van der Waals surface area contributed by atoms with Crippen LogP contribution in [0, 0.1) is 17.0 Å². The van der Waals surface area contributed by atoms with Crippen LogP contribution in [0.4, 0.5) is 8.78 Å². The third-order valence-corrected chi connectivity index (χ3v) is 7.23. The lowest BCUT2D eigenvalue weighted by Gasteiger charge is -2.39. The lowest BCUT2D eigenvalue weighted by atomic mass is 9.68. The molecule has 2 aromatic carbocycles. The van der Waals surface area contributed by atoms with Gasteiger partial charge < -0.3 is 26.6 Å². The van der Waals surface area contributed by atoms with Gasteiger partial charge in [-0.3, -0.25) is 4.79 Å². The second-order valence-corrected chi connectivity index (χ2v) is 11.4. The predicted molar refractivity (Wildman–Crippen MR) is 137 cm³/mol. The quantitative estimate of drug-likeness (QED) is 0.347. The van der Waals surface area contributed by atoms with Gasteiger partial charge in [-0.15, -0.1) is 0 Å². The summed E-state index contributed by atoms with van der Waals surface area (Å²) in [5.74, 6) is -2.82. The molecule has 1 aliphatic heterocycles. The number of benzene rings is 2. The van der Waals surface area contributed by atoms with Gasteiger partial charge >= 0.3 is 0 Å². The van der Waals surface area contributed by atoms with Gasteiger partial charge in [0, 0.05) is 18.5 Å². The van der Waals surface area contributed by atoms with Gasteiger partial charge in [-0.05, 0) is 47.6 Å². The van der Waals surface area contributed by atoms with Crippen molar-refractivity contribution in [3.63, 3.8) is 0 Å². The minimum absolute atomic E-state index is 0.0807. The van der Waals surface area contributed by atoms with E-state index in [2.05, 4.69) is 10.6 Å². The number of rotatable bonds is 8. The van der Waals surface area contributed by atoms with Crippen LogP contribution < -0.4 is 16.4 Å². The van der Waals surface area contributed by atoms with Crippen LogP contribution in [0.1, 0.15) is 50.7 Å². The van der Waals surface area contributed by atoms with E-state index < -0.39 is 53.8 Å². The molecule has 1 saturated heterocycles. The summed E-state index contributed by atoms with van der Waals surface area (Å²) in [4.78, 5) is 13.4. The fourth-order valence-corrected chi connectivity index (χ4v) is 5.22. The Bertz CT molecular complexity index is 1100. The zero-order chi connectivity index (χ0) is 26.8. The molecule has 1 fully saturated rings. The van der Waals surface area contributed by atoms with E-state index >= 15 is 4.39 Å². The molecule has 5 atom stereocenters. The van der Waals surface area contributed by atoms with Gasteiger partial charge in [-0.2, -0.15) is 0 Å². The van der Waals surface area contributed by atoms with Crippen molar-refractivity contribution in [2.24, 2.45) is 11.1 Å². The van der Waals surface area contributed by atoms with Crippen LogP contribution in [0.2, 0.25) is 10.0 Å². The molecule has 6 N–H and O–H groups in total. The maximum absolute atomic E-state index is 15.5. The van der Waals surface area contributed by atoms with Crippen molar-refractivity contribution in [1.29, 1.82) is 0 Å². The number of hydrogen-bond acceptors (Lipinski definition) is 5. The molecule has 3 rings (SSSR count). The predicted octanol–water partition coefficient (Wildman–Crippen LogP) is 3.85. The van der Waals surface area contributed by atoms with Crippen molar-refractivity contribution < 1.29 is 23.8 Å². The minimum atomic E-state index is -1.42. The first-order valence-electron chi connectivity index (χ1n) is 11.8. The van der Waals surface area contributed by atoms with Crippen LogP contribution in [0.25, 0.3) is 0 Å². The third kappa shape index (κ3) is 6.01. The van der Waals surface area contributed by atoms with Crippen LogP contribution in [0.5, 0.6) is 0 Å². The molecule has 1 heterocycles. The van der Waals surface area contributed by atoms with Crippen LogP contribution in [0.15, 0.2) is 36.4 Å². The number of nitrogens with two attached hydrogens (primary N) is 1. The Morgan fingerprint density at radius 1 is 1.22 bits per heavy atom. The summed E-state index contributed by atoms with van der Waals surface area (Å²) in [7, 11) is 0. The number of carbonyl (C=O) groups is 1. The number of aliphatic hydroxyl groups excluding tert-OH is 2. The normalized spacial score (nSPS) is 25.1. The van der Waals surface area contributed by atoms with Crippen LogP contribution in [-0.4, -0.2) is 47.5 Å². The zero-order valence-corrected chi connectivity index (χ0v) is 22.0. The number of halogens is 4. The molecule has 10 heteroatoms. The van der Waals surface area contributed by atoms with Crippen LogP contribution in [-0.2, 0) is 10.3 Å². The number of aliphatic hydroxyl groups is 2. The summed E-state index contributed by atoms with van der Waals surface area (Å²) in [6.07, 6.45) is -0.367. The number of nitrogens with one attached hydrogen (secondary N) is 2. The van der Waals surface area contributed by atoms with Crippen molar-refractivity contribution in [3.05, 3.63) is 69.2 Å². The molecular weight excluding hydrogens is 511 g/mol. The van der Waals surface area contributed by atoms with Crippen molar-refractivity contribution in [1.82, 2.24) is 10.6 Å². The number of hydrogen-bond donors (Lipinski definition) is 5. The average Bonchev–Trinajstić information content (AvgIpc) is 3.08. The largest absolute Gasteiger partial charge is 0.394 e. The molecule has 0 unspecified atom stereocenters. The second-order valence-electron chi connectivity index (χ2n) is 10.6. The number of carbonyl (C=O) groups excluding carboxylic acids is 1. The Morgan fingerprint density at radius 3 is 2.53 bits per heavy atom. The molecule has 1 aliphatic rings. The summed E-state index contributed by atoms with van der Waals surface area (Å²) in [5, 5.41) is 24.5. The molecule has 0 saturated carbocycles. The van der Waals surface area contributed by atoms with Gasteiger partial charge in [-0.1, -0.05) is 62.2 Å². The molecule has 198 valence electrons. The highest BCUT2D eigenvalue weighted by atomic mass is 35.5. The van der Waals surface area contributed by atoms with E-state index in [0.717, 1.165) is 0 Å². The first-order valence-corrected chi connectivity index (χ1v) is 12.6. The Balaban J connectivity index is 2.16. The van der Waals surface area contributed by atoms with Crippen LogP contribution in [0.3, 0.4) is 0 Å². The van der Waals surface area contributed by atoms with Crippen molar-refractivity contribution in [2.75, 3.05) is 13.2 Å². The monoisotopic (exact) mass is 543 g/mol. The van der Waals surface area contributed by atoms with Crippen molar-refractivity contribution >= 4 is 29.1 Å². The molecule has 0 aliphatic carbocycles. The van der Waals surface area contributed by atoms with E-state index in [1.54, 1.807) is 12.1 Å². The fourth-order valence-electron chi connectivity index (χ4n) is 4.92. The fraction of sp³-hybridized carbons (Fsp3) is 0.500. The lowest BCUT2D eigenvalue weighted by molar-refractivity contribution is -0.123. The number of amides is 1.